The van der Waals surface area contributed by atoms with E-state index in [1.807, 2.05) is 91.8 Å². The Morgan fingerprint density at radius 2 is 1.33 bits per heavy atom. The molecule has 4 aromatic carbocycles. The molecule has 0 unspecified atom stereocenters. The zero-order chi connectivity index (χ0) is 25.1. The zero-order valence-electron chi connectivity index (χ0n) is 19.9. The second kappa shape index (κ2) is 9.76. The average molecular weight is 476 g/mol. The molecule has 1 heterocycles. The Morgan fingerprint density at radius 3 is 1.97 bits per heavy atom. The number of imidazole rings is 1. The van der Waals surface area contributed by atoms with Gasteiger partial charge in [0.05, 0.1) is 11.0 Å². The highest BCUT2D eigenvalue weighted by atomic mass is 16.2. The number of fused-ring (bicyclic) bond motifs is 1. The van der Waals surface area contributed by atoms with Gasteiger partial charge in [-0.1, -0.05) is 30.3 Å². The molecule has 0 fully saturated rings. The highest BCUT2D eigenvalue weighted by Gasteiger charge is 2.11. The van der Waals surface area contributed by atoms with Gasteiger partial charge in [0.25, 0.3) is 11.8 Å². The molecule has 0 spiro atoms. The monoisotopic (exact) mass is 475 g/mol. The van der Waals surface area contributed by atoms with Gasteiger partial charge in [-0.05, 0) is 66.7 Å². The molecule has 0 saturated carbocycles. The highest BCUT2D eigenvalue weighted by molar-refractivity contribution is 6.05. The van der Waals surface area contributed by atoms with Crippen LogP contribution in [0, 0.1) is 0 Å². The molecule has 0 aliphatic rings. The fraction of sp³-hybridized carbons (Fsp3) is 0.0690. The predicted octanol–water partition coefficient (Wildman–Crippen LogP) is 5.80. The van der Waals surface area contributed by atoms with Crippen molar-refractivity contribution < 1.29 is 9.59 Å². The second-order valence-electron chi connectivity index (χ2n) is 8.61. The van der Waals surface area contributed by atoms with Crippen LogP contribution in [-0.4, -0.2) is 35.9 Å². The third kappa shape index (κ3) is 4.95. The van der Waals surface area contributed by atoms with Crippen molar-refractivity contribution in [2.24, 2.45) is 0 Å². The molecule has 0 atom stereocenters. The van der Waals surface area contributed by atoms with E-state index < -0.39 is 0 Å². The summed E-state index contributed by atoms with van der Waals surface area (Å²) in [5.74, 6) is 0.334. The molecule has 5 aromatic rings. The molecular formula is C29H25N5O2. The van der Waals surface area contributed by atoms with Crippen LogP contribution < -0.4 is 15.5 Å². The number of H-pyrrole nitrogens is 1. The summed E-state index contributed by atoms with van der Waals surface area (Å²) in [4.78, 5) is 35.1. The Labute approximate surface area is 208 Å². The van der Waals surface area contributed by atoms with Gasteiger partial charge >= 0.3 is 0 Å². The minimum Gasteiger partial charge on any atom is -0.378 e. The normalized spacial score (nSPS) is 10.7. The smallest absolute Gasteiger partial charge is 0.255 e. The number of amides is 2. The van der Waals surface area contributed by atoms with Crippen molar-refractivity contribution in [3.05, 3.63) is 108 Å². The molecule has 7 nitrogen and oxygen atoms in total. The Bertz CT molecular complexity index is 1520. The summed E-state index contributed by atoms with van der Waals surface area (Å²) in [5, 5.41) is 5.82. The molecule has 1 aromatic heterocycles. The van der Waals surface area contributed by atoms with E-state index in [1.165, 1.54) is 0 Å². The van der Waals surface area contributed by atoms with Crippen LogP contribution in [0.4, 0.5) is 17.1 Å². The van der Waals surface area contributed by atoms with Crippen LogP contribution in [0.15, 0.2) is 97.1 Å². The lowest BCUT2D eigenvalue weighted by molar-refractivity contribution is 0.101. The van der Waals surface area contributed by atoms with Gasteiger partial charge in [0.1, 0.15) is 5.82 Å². The summed E-state index contributed by atoms with van der Waals surface area (Å²) in [7, 11) is 3.92. The Kier molecular flexibility index (Phi) is 6.19. The van der Waals surface area contributed by atoms with E-state index in [-0.39, 0.29) is 11.8 Å². The van der Waals surface area contributed by atoms with Crippen molar-refractivity contribution in [2.75, 3.05) is 29.6 Å². The van der Waals surface area contributed by atoms with Crippen LogP contribution >= 0.6 is 0 Å². The van der Waals surface area contributed by atoms with Crippen molar-refractivity contribution in [2.45, 2.75) is 0 Å². The van der Waals surface area contributed by atoms with E-state index in [0.29, 0.717) is 22.6 Å². The van der Waals surface area contributed by atoms with Crippen LogP contribution in [-0.2, 0) is 0 Å². The fourth-order valence-corrected chi connectivity index (χ4v) is 3.84. The Balaban J connectivity index is 1.29. The maximum Gasteiger partial charge on any atom is 0.255 e. The molecule has 2 amide bonds. The maximum atomic E-state index is 12.7. The van der Waals surface area contributed by atoms with Crippen molar-refractivity contribution in [1.29, 1.82) is 0 Å². The van der Waals surface area contributed by atoms with Gasteiger partial charge in [-0.2, -0.15) is 0 Å². The van der Waals surface area contributed by atoms with Gasteiger partial charge in [-0.15, -0.1) is 0 Å². The molecule has 0 aliphatic carbocycles. The number of rotatable bonds is 6. The number of carbonyl (C=O) groups excluding carboxylic acids is 2. The third-order valence-electron chi connectivity index (χ3n) is 5.84. The summed E-state index contributed by atoms with van der Waals surface area (Å²) in [6.45, 7) is 0. The molecule has 0 bridgehead atoms. The lowest BCUT2D eigenvalue weighted by Gasteiger charge is -2.12. The van der Waals surface area contributed by atoms with Crippen LogP contribution in [0.2, 0.25) is 0 Å². The zero-order valence-corrected chi connectivity index (χ0v) is 19.9. The number of carbonyl (C=O) groups is 2. The number of benzene rings is 4. The van der Waals surface area contributed by atoms with Crippen LogP contribution in [0.5, 0.6) is 0 Å². The van der Waals surface area contributed by atoms with Gasteiger partial charge in [0, 0.05) is 47.8 Å². The van der Waals surface area contributed by atoms with E-state index in [9.17, 15) is 9.59 Å². The quantitative estimate of drug-likeness (QED) is 0.289. The lowest BCUT2D eigenvalue weighted by atomic mass is 10.1. The molecule has 5 rings (SSSR count). The summed E-state index contributed by atoms with van der Waals surface area (Å²) >= 11 is 0. The van der Waals surface area contributed by atoms with Crippen molar-refractivity contribution in [3.63, 3.8) is 0 Å². The summed E-state index contributed by atoms with van der Waals surface area (Å²) < 4.78 is 0. The third-order valence-corrected chi connectivity index (χ3v) is 5.84. The van der Waals surface area contributed by atoms with Gasteiger partial charge in [-0.3, -0.25) is 9.59 Å². The summed E-state index contributed by atoms with van der Waals surface area (Å²) in [5.41, 5.74) is 6.03. The van der Waals surface area contributed by atoms with Gasteiger partial charge < -0.3 is 20.5 Å². The molecule has 7 heteroatoms. The standard InChI is InChI=1S/C29H25N5O2/c1-34(2)24-15-12-21(13-16-24)29(36)31-23-14-17-25-26(18-23)33-27(32-25)19-8-10-20(11-9-19)28(35)30-22-6-4-3-5-7-22/h3-18H,1-2H3,(H,30,35)(H,31,36)(H,32,33). The highest BCUT2D eigenvalue weighted by Crippen LogP contribution is 2.24. The molecule has 36 heavy (non-hydrogen) atoms. The van der Waals surface area contributed by atoms with Crippen LogP contribution in [0.25, 0.3) is 22.4 Å². The molecule has 0 aliphatic heterocycles. The van der Waals surface area contributed by atoms with Crippen LogP contribution in [0.1, 0.15) is 20.7 Å². The lowest BCUT2D eigenvalue weighted by Crippen LogP contribution is -2.13. The number of hydrogen-bond donors (Lipinski definition) is 3. The predicted molar refractivity (Wildman–Crippen MR) is 145 cm³/mol. The summed E-state index contributed by atoms with van der Waals surface area (Å²) in [6.07, 6.45) is 0. The van der Waals surface area contributed by atoms with Gasteiger partial charge in [0.2, 0.25) is 0 Å². The topological polar surface area (TPSA) is 90.1 Å². The van der Waals surface area contributed by atoms with E-state index in [4.69, 9.17) is 0 Å². The van der Waals surface area contributed by atoms with E-state index in [1.54, 1.807) is 24.3 Å². The first-order valence-corrected chi connectivity index (χ1v) is 11.5. The van der Waals surface area contributed by atoms with Crippen molar-refractivity contribution >= 4 is 39.9 Å². The molecule has 0 saturated heterocycles. The molecular weight excluding hydrogens is 450 g/mol. The van der Waals surface area contributed by atoms with E-state index in [2.05, 4.69) is 20.6 Å². The Hall–Kier alpha value is -4.91. The number of nitrogens with zero attached hydrogens (tertiary/aromatic N) is 2. The fourth-order valence-electron chi connectivity index (χ4n) is 3.84. The molecule has 3 N–H and O–H groups in total. The van der Waals surface area contributed by atoms with Crippen molar-refractivity contribution in [3.8, 4) is 11.4 Å². The van der Waals surface area contributed by atoms with Gasteiger partial charge in [0.15, 0.2) is 0 Å². The molecule has 0 radical (unpaired) electrons. The average Bonchev–Trinajstić information content (AvgIpc) is 3.33. The number of nitrogens with one attached hydrogen (secondary N) is 3. The summed E-state index contributed by atoms with van der Waals surface area (Å²) in [6, 6.07) is 29.6. The van der Waals surface area contributed by atoms with Crippen LogP contribution in [0.3, 0.4) is 0 Å². The second-order valence-corrected chi connectivity index (χ2v) is 8.61. The number of para-hydroxylation sites is 1. The van der Waals surface area contributed by atoms with Crippen molar-refractivity contribution in [1.82, 2.24) is 9.97 Å². The van der Waals surface area contributed by atoms with E-state index in [0.717, 1.165) is 28.0 Å². The Morgan fingerprint density at radius 1 is 0.722 bits per heavy atom. The largest absolute Gasteiger partial charge is 0.378 e. The number of aromatic nitrogens is 2. The van der Waals surface area contributed by atoms with Gasteiger partial charge in [-0.25, -0.2) is 4.98 Å². The first-order valence-electron chi connectivity index (χ1n) is 11.5. The first-order chi connectivity index (χ1) is 17.5. The van der Waals surface area contributed by atoms with E-state index >= 15 is 0 Å². The minimum atomic E-state index is -0.177. The SMILES string of the molecule is CN(C)c1ccc(C(=O)Nc2ccc3nc(-c4ccc(C(=O)Nc5ccccc5)cc4)[nH]c3c2)cc1. The first kappa shape index (κ1) is 22.9. The maximum absolute atomic E-state index is 12.7. The number of aromatic amines is 1. The number of anilines is 3. The molecule has 178 valence electrons. The number of hydrogen-bond acceptors (Lipinski definition) is 4. The minimum absolute atomic E-state index is 0.172.